The average molecular weight is 328 g/mol. The predicted molar refractivity (Wildman–Crippen MR) is 92.2 cm³/mol. The van der Waals surface area contributed by atoms with E-state index in [1.807, 2.05) is 43.3 Å². The fourth-order valence-corrected chi connectivity index (χ4v) is 2.43. The van der Waals surface area contributed by atoms with Gasteiger partial charge in [0.2, 0.25) is 5.91 Å². The molecule has 0 fully saturated rings. The van der Waals surface area contributed by atoms with Crippen LogP contribution in [0.25, 0.3) is 0 Å². The van der Waals surface area contributed by atoms with Crippen LogP contribution in [-0.4, -0.2) is 23.9 Å². The molecule has 0 radical (unpaired) electrons. The zero-order valence-corrected chi connectivity index (χ0v) is 13.7. The lowest BCUT2D eigenvalue weighted by Crippen LogP contribution is -2.32. The molecule has 0 unspecified atom stereocenters. The number of halogens is 1. The first-order valence-electron chi connectivity index (χ1n) is 7.38. The Bertz CT molecular complexity index is 710. The van der Waals surface area contributed by atoms with Gasteiger partial charge >= 0.3 is 0 Å². The maximum Gasteiger partial charge on any atom is 0.238 e. The van der Waals surface area contributed by atoms with Crippen molar-refractivity contribution in [1.82, 2.24) is 4.90 Å². The summed E-state index contributed by atoms with van der Waals surface area (Å²) in [5.74, 6) is -0.108. The summed E-state index contributed by atoms with van der Waals surface area (Å²) in [6.07, 6.45) is 0. The number of carbonyl (C=O) groups is 1. The molecule has 0 aliphatic heterocycles. The fourth-order valence-electron chi connectivity index (χ4n) is 2.21. The number of hydrogen-bond donors (Lipinski definition) is 1. The fraction of sp³-hybridized carbons (Fsp3) is 0.222. The highest BCUT2D eigenvalue weighted by Gasteiger charge is 2.11. The number of rotatable bonds is 6. The maximum atomic E-state index is 12.2. The zero-order chi connectivity index (χ0) is 16.7. The van der Waals surface area contributed by atoms with Crippen molar-refractivity contribution in [3.63, 3.8) is 0 Å². The molecule has 23 heavy (non-hydrogen) atoms. The van der Waals surface area contributed by atoms with E-state index < -0.39 is 0 Å². The Hall–Kier alpha value is -2.35. The zero-order valence-electron chi connectivity index (χ0n) is 12.9. The Labute approximate surface area is 141 Å². The number of benzene rings is 2. The first-order valence-corrected chi connectivity index (χ1v) is 7.76. The molecule has 2 aromatic rings. The first kappa shape index (κ1) is 17.0. The van der Waals surface area contributed by atoms with E-state index >= 15 is 0 Å². The predicted octanol–water partition coefficient (Wildman–Crippen LogP) is 3.67. The van der Waals surface area contributed by atoms with Crippen LogP contribution in [0.5, 0.6) is 0 Å². The normalized spacial score (nSPS) is 10.3. The Morgan fingerprint density at radius 2 is 2.00 bits per heavy atom. The minimum absolute atomic E-state index is 0.108. The molecular weight excluding hydrogens is 310 g/mol. The highest BCUT2D eigenvalue weighted by atomic mass is 35.5. The van der Waals surface area contributed by atoms with Crippen molar-refractivity contribution >= 4 is 23.2 Å². The average Bonchev–Trinajstić information content (AvgIpc) is 2.55. The van der Waals surface area contributed by atoms with Crippen LogP contribution < -0.4 is 5.32 Å². The van der Waals surface area contributed by atoms with E-state index in [1.54, 1.807) is 18.2 Å². The summed E-state index contributed by atoms with van der Waals surface area (Å²) in [4.78, 5) is 14.2. The van der Waals surface area contributed by atoms with Gasteiger partial charge < -0.3 is 5.32 Å². The van der Waals surface area contributed by atoms with Crippen LogP contribution in [0.1, 0.15) is 18.1 Å². The minimum Gasteiger partial charge on any atom is -0.325 e. The number of anilines is 1. The lowest BCUT2D eigenvalue weighted by atomic mass is 10.2. The Morgan fingerprint density at radius 3 is 2.61 bits per heavy atom. The summed E-state index contributed by atoms with van der Waals surface area (Å²) in [5.41, 5.74) is 2.15. The smallest absolute Gasteiger partial charge is 0.238 e. The van der Waals surface area contributed by atoms with Crippen molar-refractivity contribution in [2.75, 3.05) is 18.4 Å². The molecule has 0 aromatic heterocycles. The standard InChI is InChI=1S/C18H18ClN3O/c1-2-22(12-14-6-4-3-5-7-14)13-18(23)21-16-9-8-15(11-20)17(19)10-16/h3-10H,2,12-13H2,1H3,(H,21,23). The van der Waals surface area contributed by atoms with Gasteiger partial charge in [-0.15, -0.1) is 0 Å². The van der Waals surface area contributed by atoms with Gasteiger partial charge in [-0.2, -0.15) is 5.26 Å². The number of nitrogens with zero attached hydrogens (tertiary/aromatic N) is 2. The minimum atomic E-state index is -0.108. The van der Waals surface area contributed by atoms with Gasteiger partial charge in [0.15, 0.2) is 0 Å². The van der Waals surface area contributed by atoms with E-state index in [-0.39, 0.29) is 5.91 Å². The summed E-state index contributed by atoms with van der Waals surface area (Å²) in [5, 5.41) is 12.0. The lowest BCUT2D eigenvalue weighted by molar-refractivity contribution is -0.117. The van der Waals surface area contributed by atoms with E-state index in [1.165, 1.54) is 5.56 Å². The van der Waals surface area contributed by atoms with Crippen molar-refractivity contribution in [3.05, 3.63) is 64.7 Å². The molecule has 0 atom stereocenters. The topological polar surface area (TPSA) is 56.1 Å². The number of hydrogen-bond acceptors (Lipinski definition) is 3. The van der Waals surface area contributed by atoms with Gasteiger partial charge in [-0.25, -0.2) is 0 Å². The summed E-state index contributed by atoms with van der Waals surface area (Å²) in [6, 6.07) is 16.9. The second-order valence-corrected chi connectivity index (χ2v) is 5.55. The Kier molecular flexibility index (Phi) is 6.16. The van der Waals surface area contributed by atoms with E-state index in [4.69, 9.17) is 16.9 Å². The van der Waals surface area contributed by atoms with Crippen LogP contribution in [0.3, 0.4) is 0 Å². The van der Waals surface area contributed by atoms with Crippen molar-refractivity contribution in [2.45, 2.75) is 13.5 Å². The SMILES string of the molecule is CCN(CC(=O)Nc1ccc(C#N)c(Cl)c1)Cc1ccccc1. The van der Waals surface area contributed by atoms with Crippen molar-refractivity contribution < 1.29 is 4.79 Å². The monoisotopic (exact) mass is 327 g/mol. The highest BCUT2D eigenvalue weighted by Crippen LogP contribution is 2.20. The molecule has 0 aliphatic carbocycles. The van der Waals surface area contributed by atoms with Gasteiger partial charge in [0.1, 0.15) is 6.07 Å². The van der Waals surface area contributed by atoms with Crippen LogP contribution in [0.4, 0.5) is 5.69 Å². The third-order valence-electron chi connectivity index (χ3n) is 3.44. The third-order valence-corrected chi connectivity index (χ3v) is 3.75. The van der Waals surface area contributed by atoms with Gasteiger partial charge in [0, 0.05) is 12.2 Å². The molecule has 118 valence electrons. The molecule has 1 N–H and O–H groups in total. The highest BCUT2D eigenvalue weighted by molar-refractivity contribution is 6.32. The number of nitrogens with one attached hydrogen (secondary N) is 1. The van der Waals surface area contributed by atoms with Gasteiger partial charge in [0.05, 0.1) is 17.1 Å². The Morgan fingerprint density at radius 1 is 1.26 bits per heavy atom. The molecule has 0 saturated carbocycles. The summed E-state index contributed by atoms with van der Waals surface area (Å²) >= 11 is 5.97. The van der Waals surface area contributed by atoms with Crippen molar-refractivity contribution in [3.8, 4) is 6.07 Å². The molecule has 5 heteroatoms. The molecule has 4 nitrogen and oxygen atoms in total. The molecule has 0 aliphatic rings. The second kappa shape index (κ2) is 8.33. The van der Waals surface area contributed by atoms with Crippen LogP contribution >= 0.6 is 11.6 Å². The van der Waals surface area contributed by atoms with Crippen LogP contribution in [0, 0.1) is 11.3 Å². The lowest BCUT2D eigenvalue weighted by Gasteiger charge is -2.20. The largest absolute Gasteiger partial charge is 0.325 e. The van der Waals surface area contributed by atoms with Gasteiger partial charge in [-0.3, -0.25) is 9.69 Å². The van der Waals surface area contributed by atoms with E-state index in [0.29, 0.717) is 22.8 Å². The molecule has 1 amide bonds. The first-order chi connectivity index (χ1) is 11.1. The molecule has 0 heterocycles. The van der Waals surface area contributed by atoms with Crippen molar-refractivity contribution in [1.29, 1.82) is 5.26 Å². The van der Waals surface area contributed by atoms with Gasteiger partial charge in [-0.1, -0.05) is 48.9 Å². The molecular formula is C18H18ClN3O. The van der Waals surface area contributed by atoms with Gasteiger partial charge in [-0.05, 0) is 30.3 Å². The summed E-state index contributed by atoms with van der Waals surface area (Å²) in [7, 11) is 0. The number of nitriles is 1. The maximum absolute atomic E-state index is 12.2. The summed E-state index contributed by atoms with van der Waals surface area (Å²) in [6.45, 7) is 3.81. The Balaban J connectivity index is 1.95. The van der Waals surface area contributed by atoms with Crippen molar-refractivity contribution in [2.24, 2.45) is 0 Å². The quantitative estimate of drug-likeness (QED) is 0.880. The number of likely N-dealkylation sites (N-methyl/N-ethyl adjacent to an activating group) is 1. The van der Waals surface area contributed by atoms with E-state index in [9.17, 15) is 4.79 Å². The van der Waals surface area contributed by atoms with Crippen LogP contribution in [0.2, 0.25) is 5.02 Å². The van der Waals surface area contributed by atoms with Crippen LogP contribution in [-0.2, 0) is 11.3 Å². The van der Waals surface area contributed by atoms with E-state index in [2.05, 4.69) is 10.2 Å². The third kappa shape index (κ3) is 5.10. The number of carbonyl (C=O) groups excluding carboxylic acids is 1. The molecule has 0 saturated heterocycles. The second-order valence-electron chi connectivity index (χ2n) is 5.14. The van der Waals surface area contributed by atoms with E-state index in [0.717, 1.165) is 13.1 Å². The molecule has 0 spiro atoms. The molecule has 2 rings (SSSR count). The summed E-state index contributed by atoms with van der Waals surface area (Å²) < 4.78 is 0. The molecule has 0 bridgehead atoms. The molecule has 2 aromatic carbocycles. The number of amides is 1. The van der Waals surface area contributed by atoms with Crippen LogP contribution in [0.15, 0.2) is 48.5 Å². The van der Waals surface area contributed by atoms with Gasteiger partial charge in [0.25, 0.3) is 0 Å².